The normalized spacial score (nSPS) is 17.1. The van der Waals surface area contributed by atoms with Crippen molar-refractivity contribution in [3.8, 4) is 11.5 Å². The van der Waals surface area contributed by atoms with Crippen molar-refractivity contribution in [3.05, 3.63) is 77.4 Å². The Hall–Kier alpha value is -2.48. The third-order valence-electron chi connectivity index (χ3n) is 4.35. The fraction of sp³-hybridized carbons (Fsp3) is 0.238. The lowest BCUT2D eigenvalue weighted by Gasteiger charge is -2.17. The van der Waals surface area contributed by atoms with E-state index in [1.807, 2.05) is 18.2 Å². The van der Waals surface area contributed by atoms with Gasteiger partial charge in [-0.05, 0) is 59.4 Å². The number of hydrogen-bond acceptors (Lipinski definition) is 2. The molecule has 0 heterocycles. The van der Waals surface area contributed by atoms with Crippen LogP contribution in [0.1, 0.15) is 42.4 Å². The van der Waals surface area contributed by atoms with Crippen molar-refractivity contribution in [2.45, 2.75) is 32.1 Å². The molecule has 2 nitrogen and oxygen atoms in total. The topological polar surface area (TPSA) is 40.5 Å². The maximum absolute atomic E-state index is 9.92. The lowest BCUT2D eigenvalue weighted by Crippen LogP contribution is -1.99. The van der Waals surface area contributed by atoms with Crippen LogP contribution >= 0.6 is 0 Å². The molecule has 1 aliphatic rings. The van der Waals surface area contributed by atoms with E-state index in [-0.39, 0.29) is 0 Å². The summed E-state index contributed by atoms with van der Waals surface area (Å²) in [6.45, 7) is 2.12. The molecule has 2 heteroatoms. The largest absolute Gasteiger partial charge is 0.508 e. The average Bonchev–Trinajstić information content (AvgIpc) is 2.58. The highest BCUT2D eigenvalue weighted by atomic mass is 16.3. The van der Waals surface area contributed by atoms with Gasteiger partial charge in [-0.3, -0.25) is 0 Å². The summed E-state index contributed by atoms with van der Waals surface area (Å²) in [5.74, 6) is 1.04. The van der Waals surface area contributed by atoms with Crippen LogP contribution in [0.4, 0.5) is 0 Å². The van der Waals surface area contributed by atoms with Gasteiger partial charge in [-0.25, -0.2) is 0 Å². The first-order chi connectivity index (χ1) is 11.2. The van der Waals surface area contributed by atoms with Gasteiger partial charge in [0.1, 0.15) is 11.5 Å². The molecule has 2 N–H and O–H groups in total. The smallest absolute Gasteiger partial charge is 0.118 e. The predicted octanol–water partition coefficient (Wildman–Crippen LogP) is 5.18. The Morgan fingerprint density at radius 3 is 2.48 bits per heavy atom. The van der Waals surface area contributed by atoms with Gasteiger partial charge in [-0.15, -0.1) is 0 Å². The molecule has 1 aliphatic carbocycles. The summed E-state index contributed by atoms with van der Waals surface area (Å²) in [5, 5.41) is 19.3. The molecule has 0 fully saturated rings. The van der Waals surface area contributed by atoms with Gasteiger partial charge in [0, 0.05) is 5.92 Å². The standard InChI is InChI=1S/C21H22O2/c1-2-3-19-14-18(10-13-21(19)23)17-6-4-15(5-7-17)16-8-11-20(22)12-9-16/h4,6-15,22-23H,2-3,5H2,1H3. The molecule has 0 amide bonds. The maximum Gasteiger partial charge on any atom is 0.118 e. The van der Waals surface area contributed by atoms with Crippen molar-refractivity contribution < 1.29 is 10.2 Å². The van der Waals surface area contributed by atoms with Crippen molar-refractivity contribution in [2.75, 3.05) is 0 Å². The Balaban J connectivity index is 1.78. The zero-order valence-corrected chi connectivity index (χ0v) is 13.4. The lowest BCUT2D eigenvalue weighted by molar-refractivity contribution is 0.467. The molecule has 0 radical (unpaired) electrons. The number of allylic oxidation sites excluding steroid dienone is 4. The Morgan fingerprint density at radius 2 is 1.83 bits per heavy atom. The van der Waals surface area contributed by atoms with E-state index in [9.17, 15) is 10.2 Å². The number of hydrogen-bond donors (Lipinski definition) is 2. The van der Waals surface area contributed by atoms with Crippen LogP contribution in [0.25, 0.3) is 5.57 Å². The summed E-state index contributed by atoms with van der Waals surface area (Å²) in [7, 11) is 0. The number of aromatic hydroxyl groups is 2. The van der Waals surface area contributed by atoms with Crippen molar-refractivity contribution in [1.82, 2.24) is 0 Å². The summed E-state index contributed by atoms with van der Waals surface area (Å²) in [4.78, 5) is 0. The molecule has 3 rings (SSSR count). The Kier molecular flexibility index (Phi) is 4.52. The highest BCUT2D eigenvalue weighted by Crippen LogP contribution is 2.32. The van der Waals surface area contributed by atoms with E-state index in [0.29, 0.717) is 17.4 Å². The van der Waals surface area contributed by atoms with Crippen molar-refractivity contribution in [3.63, 3.8) is 0 Å². The van der Waals surface area contributed by atoms with E-state index < -0.39 is 0 Å². The number of phenols is 2. The zero-order valence-electron chi connectivity index (χ0n) is 13.4. The van der Waals surface area contributed by atoms with E-state index in [1.54, 1.807) is 18.2 Å². The molecule has 1 unspecified atom stereocenters. The molecule has 0 saturated heterocycles. The van der Waals surface area contributed by atoms with Crippen LogP contribution in [-0.4, -0.2) is 10.2 Å². The van der Waals surface area contributed by atoms with Gasteiger partial charge >= 0.3 is 0 Å². The zero-order chi connectivity index (χ0) is 16.2. The molecule has 23 heavy (non-hydrogen) atoms. The Morgan fingerprint density at radius 1 is 1.04 bits per heavy atom. The number of rotatable bonds is 4. The van der Waals surface area contributed by atoms with Gasteiger partial charge in [0.25, 0.3) is 0 Å². The van der Waals surface area contributed by atoms with Gasteiger partial charge in [0.15, 0.2) is 0 Å². The number of benzene rings is 2. The third-order valence-corrected chi connectivity index (χ3v) is 4.35. The molecule has 2 aromatic carbocycles. The van der Waals surface area contributed by atoms with E-state index in [4.69, 9.17) is 0 Å². The van der Waals surface area contributed by atoms with Crippen molar-refractivity contribution in [2.24, 2.45) is 0 Å². The number of phenolic OH excluding ortho intramolecular Hbond substituents is 2. The molecule has 1 atom stereocenters. The van der Waals surface area contributed by atoms with Gasteiger partial charge in [-0.1, -0.05) is 49.8 Å². The second-order valence-corrected chi connectivity index (χ2v) is 6.05. The fourth-order valence-corrected chi connectivity index (χ4v) is 3.04. The van der Waals surface area contributed by atoms with Crippen LogP contribution in [0.15, 0.2) is 60.7 Å². The van der Waals surface area contributed by atoms with Crippen LogP contribution in [0.5, 0.6) is 11.5 Å². The highest BCUT2D eigenvalue weighted by Gasteiger charge is 2.13. The molecule has 0 spiro atoms. The van der Waals surface area contributed by atoms with Gasteiger partial charge in [0.05, 0.1) is 0 Å². The molecule has 2 aromatic rings. The maximum atomic E-state index is 9.92. The van der Waals surface area contributed by atoms with E-state index in [2.05, 4.69) is 31.2 Å². The molecule has 0 aromatic heterocycles. The Labute approximate surface area is 137 Å². The third kappa shape index (κ3) is 3.48. The average molecular weight is 306 g/mol. The van der Waals surface area contributed by atoms with Crippen molar-refractivity contribution >= 4 is 5.57 Å². The molecule has 0 aliphatic heterocycles. The van der Waals surface area contributed by atoms with E-state index in [1.165, 1.54) is 11.1 Å². The quantitative estimate of drug-likeness (QED) is 0.817. The molecule has 118 valence electrons. The summed E-state index contributed by atoms with van der Waals surface area (Å²) in [6.07, 6.45) is 9.49. The molecule has 0 bridgehead atoms. The van der Waals surface area contributed by atoms with Gasteiger partial charge in [0.2, 0.25) is 0 Å². The molecular weight excluding hydrogens is 284 g/mol. The van der Waals surface area contributed by atoms with Crippen LogP contribution in [0.2, 0.25) is 0 Å². The lowest BCUT2D eigenvalue weighted by atomic mass is 9.88. The second kappa shape index (κ2) is 6.74. The highest BCUT2D eigenvalue weighted by molar-refractivity contribution is 5.76. The molecule has 0 saturated carbocycles. The Bertz CT molecular complexity index is 739. The predicted molar refractivity (Wildman–Crippen MR) is 94.7 cm³/mol. The first-order valence-corrected chi connectivity index (χ1v) is 8.17. The van der Waals surface area contributed by atoms with Crippen molar-refractivity contribution in [1.29, 1.82) is 0 Å². The number of aryl methyl sites for hydroxylation is 1. The summed E-state index contributed by atoms with van der Waals surface area (Å²) >= 11 is 0. The summed E-state index contributed by atoms with van der Waals surface area (Å²) < 4.78 is 0. The first kappa shape index (κ1) is 15.4. The minimum absolute atomic E-state index is 0.303. The van der Waals surface area contributed by atoms with Crippen LogP contribution in [0.3, 0.4) is 0 Å². The second-order valence-electron chi connectivity index (χ2n) is 6.05. The minimum Gasteiger partial charge on any atom is -0.508 e. The van der Waals surface area contributed by atoms with Crippen LogP contribution in [0, 0.1) is 0 Å². The summed E-state index contributed by atoms with van der Waals surface area (Å²) in [6, 6.07) is 13.3. The minimum atomic E-state index is 0.303. The monoisotopic (exact) mass is 306 g/mol. The summed E-state index contributed by atoms with van der Waals surface area (Å²) in [5.41, 5.74) is 4.59. The molecular formula is C21H22O2. The SMILES string of the molecule is CCCc1cc(C2=CCC(c3ccc(O)cc3)C=C2)ccc1O. The van der Waals surface area contributed by atoms with Crippen LogP contribution in [-0.2, 0) is 6.42 Å². The van der Waals surface area contributed by atoms with Gasteiger partial charge < -0.3 is 10.2 Å². The fourth-order valence-electron chi connectivity index (χ4n) is 3.04. The van der Waals surface area contributed by atoms with Crippen LogP contribution < -0.4 is 0 Å². The van der Waals surface area contributed by atoms with Gasteiger partial charge in [-0.2, -0.15) is 0 Å². The first-order valence-electron chi connectivity index (χ1n) is 8.17. The van der Waals surface area contributed by atoms with E-state index in [0.717, 1.165) is 30.4 Å². The van der Waals surface area contributed by atoms with E-state index >= 15 is 0 Å².